The molecule has 3 amide bonds. The summed E-state index contributed by atoms with van der Waals surface area (Å²) < 4.78 is 14.8. The topological polar surface area (TPSA) is 74.3 Å². The van der Waals surface area contributed by atoms with Crippen molar-refractivity contribution in [1.29, 1.82) is 0 Å². The van der Waals surface area contributed by atoms with Gasteiger partial charge in [0.05, 0.1) is 11.3 Å². The number of anilines is 3. The Kier molecular flexibility index (Phi) is 5.68. The van der Waals surface area contributed by atoms with Gasteiger partial charge in [-0.1, -0.05) is 31.0 Å². The Balaban J connectivity index is 1.65. The molecule has 3 aromatic rings. The number of urea groups is 1. The van der Waals surface area contributed by atoms with E-state index in [2.05, 4.69) is 28.4 Å². The molecule has 0 radical (unpaired) electrons. The Bertz CT molecular complexity index is 951. The Morgan fingerprint density at radius 3 is 2.30 bits per heavy atom. The van der Waals surface area contributed by atoms with E-state index in [1.807, 2.05) is 0 Å². The molecular weight excluding hydrogens is 367 g/mol. The lowest BCUT2D eigenvalue weighted by atomic mass is 10.2. The number of nitrogens with zero attached hydrogens (tertiary/aromatic N) is 2. The maximum absolute atomic E-state index is 13.7. The number of aromatic nitrogens is 1. The fraction of sp³-hybridized carbons (Fsp3) is 0. The molecule has 0 aliphatic carbocycles. The average molecular weight is 382 g/mol. The molecule has 136 valence electrons. The predicted octanol–water partition coefficient (Wildman–Crippen LogP) is 4.36. The van der Waals surface area contributed by atoms with E-state index in [0.29, 0.717) is 17.2 Å². The van der Waals surface area contributed by atoms with Gasteiger partial charge in [-0.3, -0.25) is 10.1 Å². The first-order chi connectivity index (χ1) is 13.0. The van der Waals surface area contributed by atoms with Crippen LogP contribution >= 0.6 is 12.8 Å². The molecule has 0 fully saturated rings. The largest absolute Gasteiger partial charge is 0.337 e. The third-order valence-electron chi connectivity index (χ3n) is 3.58. The van der Waals surface area contributed by atoms with E-state index >= 15 is 0 Å². The van der Waals surface area contributed by atoms with E-state index in [1.54, 1.807) is 54.7 Å². The number of halogens is 1. The molecule has 0 atom stereocenters. The lowest BCUT2D eigenvalue weighted by Crippen LogP contribution is -2.27. The number of hydrogen-bond donors (Lipinski definition) is 3. The van der Waals surface area contributed by atoms with Gasteiger partial charge in [-0.05, 0) is 48.5 Å². The number of carbonyl (C=O) groups is 2. The minimum Gasteiger partial charge on any atom is -0.322 e. The van der Waals surface area contributed by atoms with Crippen LogP contribution in [-0.4, -0.2) is 16.9 Å². The fourth-order valence-corrected chi connectivity index (χ4v) is 2.43. The minimum absolute atomic E-state index is 0.0489. The van der Waals surface area contributed by atoms with Gasteiger partial charge in [0.2, 0.25) is 0 Å². The van der Waals surface area contributed by atoms with Gasteiger partial charge >= 0.3 is 6.03 Å². The van der Waals surface area contributed by atoms with Gasteiger partial charge in [-0.15, -0.1) is 0 Å². The van der Waals surface area contributed by atoms with Gasteiger partial charge in [0.25, 0.3) is 5.91 Å². The Hall–Kier alpha value is -3.39. The van der Waals surface area contributed by atoms with Gasteiger partial charge in [-0.25, -0.2) is 18.5 Å². The van der Waals surface area contributed by atoms with Crippen molar-refractivity contribution in [2.75, 3.05) is 14.9 Å². The highest BCUT2D eigenvalue weighted by Crippen LogP contribution is 2.21. The van der Waals surface area contributed by atoms with Crippen LogP contribution in [0.2, 0.25) is 0 Å². The van der Waals surface area contributed by atoms with Crippen molar-refractivity contribution in [3.05, 3.63) is 84.3 Å². The van der Waals surface area contributed by atoms with E-state index in [1.165, 1.54) is 18.2 Å². The first kappa shape index (κ1) is 18.4. The molecule has 0 bridgehead atoms. The third-order valence-corrected chi connectivity index (χ3v) is 3.99. The standard InChI is InChI=1S/C19H15FN4O2S/c20-16-6-2-1-5-15(16)18(25)22-13-8-10-14(11-9-13)24(27)19(26)23-17-7-3-4-12-21-17/h1-12,27H,(H,22,25)(H,21,23,26). The summed E-state index contributed by atoms with van der Waals surface area (Å²) in [5.74, 6) is -0.758. The minimum atomic E-state index is -0.598. The molecule has 0 unspecified atom stereocenters. The monoisotopic (exact) mass is 382 g/mol. The second kappa shape index (κ2) is 8.33. The molecular formula is C19H15FN4O2S. The van der Waals surface area contributed by atoms with Crippen LogP contribution in [0.1, 0.15) is 10.4 Å². The Morgan fingerprint density at radius 2 is 1.63 bits per heavy atom. The molecule has 8 heteroatoms. The van der Waals surface area contributed by atoms with Crippen molar-refractivity contribution in [2.24, 2.45) is 0 Å². The number of rotatable bonds is 4. The summed E-state index contributed by atoms with van der Waals surface area (Å²) >= 11 is 4.18. The summed E-state index contributed by atoms with van der Waals surface area (Å²) in [6.07, 6.45) is 1.56. The maximum Gasteiger partial charge on any atom is 0.337 e. The molecule has 0 saturated carbocycles. The lowest BCUT2D eigenvalue weighted by molar-refractivity contribution is 0.102. The number of carbonyl (C=O) groups excluding carboxylic acids is 2. The number of thiol groups is 1. The van der Waals surface area contributed by atoms with Crippen LogP contribution in [0.4, 0.5) is 26.4 Å². The SMILES string of the molecule is O=C(Nc1ccc(N(S)C(=O)Nc2ccccn2)cc1)c1ccccc1F. The van der Waals surface area contributed by atoms with E-state index in [4.69, 9.17) is 0 Å². The highest BCUT2D eigenvalue weighted by molar-refractivity contribution is 7.82. The molecule has 0 aliphatic heterocycles. The first-order valence-corrected chi connectivity index (χ1v) is 8.31. The number of amides is 3. The molecule has 1 aromatic heterocycles. The smallest absolute Gasteiger partial charge is 0.322 e. The van der Waals surface area contributed by atoms with E-state index in [0.717, 1.165) is 4.31 Å². The fourth-order valence-electron chi connectivity index (χ4n) is 2.25. The van der Waals surface area contributed by atoms with Crippen molar-refractivity contribution < 1.29 is 14.0 Å². The number of benzene rings is 2. The number of nitrogens with one attached hydrogen (secondary N) is 2. The zero-order chi connectivity index (χ0) is 19.2. The molecule has 0 aliphatic rings. The molecule has 27 heavy (non-hydrogen) atoms. The molecule has 0 saturated heterocycles. The van der Waals surface area contributed by atoms with E-state index in [9.17, 15) is 14.0 Å². The molecule has 2 N–H and O–H groups in total. The van der Waals surface area contributed by atoms with Crippen LogP contribution in [0.25, 0.3) is 0 Å². The van der Waals surface area contributed by atoms with Gasteiger partial charge in [-0.2, -0.15) is 0 Å². The van der Waals surface area contributed by atoms with Crippen molar-refractivity contribution in [3.8, 4) is 0 Å². The summed E-state index contributed by atoms with van der Waals surface area (Å²) in [4.78, 5) is 28.3. The zero-order valence-corrected chi connectivity index (χ0v) is 14.9. The summed E-state index contributed by atoms with van der Waals surface area (Å²) in [5.41, 5.74) is 0.890. The summed E-state index contributed by atoms with van der Waals surface area (Å²) in [6, 6.07) is 16.7. The first-order valence-electron chi connectivity index (χ1n) is 7.91. The molecule has 1 heterocycles. The van der Waals surface area contributed by atoms with Gasteiger partial charge < -0.3 is 5.32 Å². The maximum atomic E-state index is 13.7. The highest BCUT2D eigenvalue weighted by atomic mass is 32.1. The van der Waals surface area contributed by atoms with Crippen LogP contribution in [0, 0.1) is 5.82 Å². The van der Waals surface area contributed by atoms with Gasteiger partial charge in [0.15, 0.2) is 0 Å². The van der Waals surface area contributed by atoms with Gasteiger partial charge in [0, 0.05) is 11.9 Å². The van der Waals surface area contributed by atoms with Crippen LogP contribution in [0.3, 0.4) is 0 Å². The molecule has 6 nitrogen and oxygen atoms in total. The molecule has 3 rings (SSSR count). The molecule has 0 spiro atoms. The van der Waals surface area contributed by atoms with Crippen LogP contribution in [0.15, 0.2) is 72.9 Å². The zero-order valence-electron chi connectivity index (χ0n) is 14.0. The van der Waals surface area contributed by atoms with Crippen LogP contribution in [-0.2, 0) is 0 Å². The van der Waals surface area contributed by atoms with Gasteiger partial charge in [0.1, 0.15) is 11.6 Å². The third kappa shape index (κ3) is 4.62. The summed E-state index contributed by atoms with van der Waals surface area (Å²) in [7, 11) is 0. The van der Waals surface area contributed by atoms with Crippen molar-refractivity contribution in [1.82, 2.24) is 4.98 Å². The van der Waals surface area contributed by atoms with Crippen LogP contribution < -0.4 is 14.9 Å². The number of hydrogen-bond acceptors (Lipinski definition) is 4. The average Bonchev–Trinajstić information content (AvgIpc) is 2.69. The summed E-state index contributed by atoms with van der Waals surface area (Å²) in [6.45, 7) is 0. The van der Waals surface area contributed by atoms with Crippen molar-refractivity contribution in [2.45, 2.75) is 0 Å². The Morgan fingerprint density at radius 1 is 0.926 bits per heavy atom. The van der Waals surface area contributed by atoms with Crippen LogP contribution in [0.5, 0.6) is 0 Å². The van der Waals surface area contributed by atoms with E-state index < -0.39 is 17.8 Å². The Labute approximate surface area is 160 Å². The molecule has 2 aromatic carbocycles. The second-order valence-corrected chi connectivity index (χ2v) is 5.84. The quantitative estimate of drug-likeness (QED) is 0.587. The van der Waals surface area contributed by atoms with Crippen molar-refractivity contribution in [3.63, 3.8) is 0 Å². The predicted molar refractivity (Wildman–Crippen MR) is 106 cm³/mol. The number of pyridine rings is 1. The lowest BCUT2D eigenvalue weighted by Gasteiger charge is -2.16. The second-order valence-electron chi connectivity index (χ2n) is 5.44. The highest BCUT2D eigenvalue weighted by Gasteiger charge is 2.14. The summed E-state index contributed by atoms with van der Waals surface area (Å²) in [5, 5.41) is 5.20. The van der Waals surface area contributed by atoms with Crippen molar-refractivity contribution >= 4 is 41.9 Å². The van der Waals surface area contributed by atoms with E-state index in [-0.39, 0.29) is 5.56 Å². The normalized spacial score (nSPS) is 10.1.